The molecule has 0 atom stereocenters. The van der Waals surface area contributed by atoms with Gasteiger partial charge >= 0.3 is 12.1 Å². The molecule has 1 aliphatic rings. The zero-order chi connectivity index (χ0) is 10.4. The largest absolute Gasteiger partial charge is 0.465 e. The third-order valence-electron chi connectivity index (χ3n) is 1.30. The predicted octanol–water partition coefficient (Wildman–Crippen LogP) is -0.689. The summed E-state index contributed by atoms with van der Waals surface area (Å²) in [6.07, 6.45) is -0.0743. The molecule has 0 bridgehead atoms. The Morgan fingerprint density at radius 2 is 1.85 bits per heavy atom. The molecule has 74 valence electrons. The Morgan fingerprint density at radius 1 is 1.38 bits per heavy atom. The number of urea groups is 1. The molecule has 0 saturated carbocycles. The van der Waals surface area contributed by atoms with Gasteiger partial charge in [-0.05, 0) is 6.42 Å². The van der Waals surface area contributed by atoms with Crippen LogP contribution in [0.25, 0.3) is 0 Å². The number of carbonyl (C=O) groups excluding carboxylic acids is 2. The lowest BCUT2D eigenvalue weighted by molar-refractivity contribution is -0.125. The van der Waals surface area contributed by atoms with E-state index in [-0.39, 0.29) is 5.91 Å². The molecule has 7 heteroatoms. The van der Waals surface area contributed by atoms with Gasteiger partial charge in [0.1, 0.15) is 0 Å². The first-order valence-electron chi connectivity index (χ1n) is 3.53. The van der Waals surface area contributed by atoms with Crippen LogP contribution in [0.5, 0.6) is 0 Å². The topological polar surface area (TPSA) is 127 Å². The molecule has 4 amide bonds. The molecular weight excluding hydrogens is 178 g/mol. The van der Waals surface area contributed by atoms with Crippen molar-refractivity contribution in [3.63, 3.8) is 0 Å². The summed E-state index contributed by atoms with van der Waals surface area (Å²) in [5, 5.41) is 8.29. The molecule has 0 aliphatic carbocycles. The van der Waals surface area contributed by atoms with Gasteiger partial charge in [0, 0.05) is 13.0 Å². The van der Waals surface area contributed by atoms with Crippen molar-refractivity contribution < 1.29 is 19.5 Å². The molecule has 0 radical (unpaired) electrons. The number of nitrogens with zero attached hydrogens (tertiary/aromatic N) is 1. The summed E-state index contributed by atoms with van der Waals surface area (Å²) in [4.78, 5) is 30.5. The lowest BCUT2D eigenvalue weighted by Crippen LogP contribution is -2.29. The van der Waals surface area contributed by atoms with Crippen molar-refractivity contribution in [3.05, 3.63) is 0 Å². The molecule has 0 aromatic rings. The van der Waals surface area contributed by atoms with Crippen molar-refractivity contribution in [1.82, 2.24) is 4.90 Å². The van der Waals surface area contributed by atoms with Gasteiger partial charge in [0.25, 0.3) is 0 Å². The highest BCUT2D eigenvalue weighted by molar-refractivity contribution is 5.92. The molecule has 0 spiro atoms. The van der Waals surface area contributed by atoms with Gasteiger partial charge in [0.15, 0.2) is 0 Å². The van der Waals surface area contributed by atoms with Crippen molar-refractivity contribution in [2.24, 2.45) is 11.5 Å². The highest BCUT2D eigenvalue weighted by atomic mass is 16.4. The van der Waals surface area contributed by atoms with Crippen molar-refractivity contribution in [2.45, 2.75) is 12.8 Å². The Hall–Kier alpha value is -1.79. The number of rotatable bonds is 0. The first kappa shape index (κ1) is 11.2. The lowest BCUT2D eigenvalue weighted by atomic mass is 10.4. The van der Waals surface area contributed by atoms with E-state index in [0.29, 0.717) is 19.4 Å². The smallest absolute Gasteiger partial charge is 0.414 e. The fraction of sp³-hybridized carbons (Fsp3) is 0.500. The second-order valence-corrected chi connectivity index (χ2v) is 2.33. The average Bonchev–Trinajstić information content (AvgIpc) is 2.33. The van der Waals surface area contributed by atoms with E-state index >= 15 is 0 Å². The standard InChI is InChI=1S/C5H7NO3.CH4N2O/c7-4-2-1-3-6(4)5(8)9;2-1(3)4/h1-3H2,(H,8,9);(H4,2,3,4). The normalized spacial score (nSPS) is 14.8. The SMILES string of the molecule is NC(N)=O.O=C(O)N1CCCC1=O. The van der Waals surface area contributed by atoms with Gasteiger partial charge < -0.3 is 16.6 Å². The number of amides is 4. The summed E-state index contributed by atoms with van der Waals surface area (Å²) in [6, 6.07) is -0.833. The second-order valence-electron chi connectivity index (χ2n) is 2.33. The number of carbonyl (C=O) groups is 3. The van der Waals surface area contributed by atoms with Crippen LogP contribution in [0.2, 0.25) is 0 Å². The van der Waals surface area contributed by atoms with E-state index in [4.69, 9.17) is 9.90 Å². The number of primary amides is 2. The average molecular weight is 189 g/mol. The minimum atomic E-state index is -1.13. The van der Waals surface area contributed by atoms with Crippen LogP contribution in [0.1, 0.15) is 12.8 Å². The van der Waals surface area contributed by atoms with Crippen LogP contribution in [0.4, 0.5) is 9.59 Å². The van der Waals surface area contributed by atoms with E-state index in [1.165, 1.54) is 0 Å². The first-order chi connectivity index (χ1) is 5.95. The van der Waals surface area contributed by atoms with Crippen molar-refractivity contribution in [3.8, 4) is 0 Å². The zero-order valence-corrected chi connectivity index (χ0v) is 6.90. The summed E-state index contributed by atoms with van der Waals surface area (Å²) < 4.78 is 0. The van der Waals surface area contributed by atoms with Gasteiger partial charge in [-0.1, -0.05) is 0 Å². The molecule has 5 N–H and O–H groups in total. The van der Waals surface area contributed by atoms with Crippen molar-refractivity contribution in [2.75, 3.05) is 6.54 Å². The number of imide groups is 1. The number of hydrogen-bond donors (Lipinski definition) is 3. The number of hydrogen-bond acceptors (Lipinski definition) is 3. The summed E-state index contributed by atoms with van der Waals surface area (Å²) in [5.74, 6) is -0.275. The van der Waals surface area contributed by atoms with Gasteiger partial charge in [-0.25, -0.2) is 14.5 Å². The third-order valence-corrected chi connectivity index (χ3v) is 1.30. The number of nitrogens with two attached hydrogens (primary N) is 2. The maximum Gasteiger partial charge on any atom is 0.414 e. The van der Waals surface area contributed by atoms with Gasteiger partial charge in [-0.15, -0.1) is 0 Å². The summed E-state index contributed by atoms with van der Waals surface area (Å²) in [7, 11) is 0. The van der Waals surface area contributed by atoms with Crippen molar-refractivity contribution >= 4 is 18.0 Å². The Kier molecular flexibility index (Phi) is 4.28. The molecule has 1 saturated heterocycles. The molecule has 1 aliphatic heterocycles. The van der Waals surface area contributed by atoms with Crippen LogP contribution in [0, 0.1) is 0 Å². The molecule has 7 nitrogen and oxygen atoms in total. The van der Waals surface area contributed by atoms with Crippen LogP contribution in [-0.4, -0.2) is 34.6 Å². The van der Waals surface area contributed by atoms with E-state index in [9.17, 15) is 9.59 Å². The van der Waals surface area contributed by atoms with E-state index in [1.807, 2.05) is 0 Å². The molecule has 0 unspecified atom stereocenters. The molecule has 1 rings (SSSR count). The highest BCUT2D eigenvalue weighted by Gasteiger charge is 2.25. The summed E-state index contributed by atoms with van der Waals surface area (Å²) >= 11 is 0. The van der Waals surface area contributed by atoms with E-state index in [1.54, 1.807) is 0 Å². The molecular formula is C6H11N3O4. The predicted molar refractivity (Wildman–Crippen MR) is 42.7 cm³/mol. The highest BCUT2D eigenvalue weighted by Crippen LogP contribution is 2.08. The fourth-order valence-corrected chi connectivity index (χ4v) is 0.850. The van der Waals surface area contributed by atoms with Crippen LogP contribution in [0.15, 0.2) is 0 Å². The van der Waals surface area contributed by atoms with E-state index in [0.717, 1.165) is 4.90 Å². The Labute approximate surface area is 74.3 Å². The van der Waals surface area contributed by atoms with Crippen LogP contribution in [-0.2, 0) is 4.79 Å². The quantitative estimate of drug-likeness (QED) is 0.466. The van der Waals surface area contributed by atoms with Gasteiger partial charge in [-0.3, -0.25) is 4.79 Å². The first-order valence-corrected chi connectivity index (χ1v) is 3.53. The molecule has 13 heavy (non-hydrogen) atoms. The fourth-order valence-electron chi connectivity index (χ4n) is 0.850. The van der Waals surface area contributed by atoms with Gasteiger partial charge in [-0.2, -0.15) is 0 Å². The summed E-state index contributed by atoms with van der Waals surface area (Å²) in [6.45, 7) is 0.369. The monoisotopic (exact) mass is 189 g/mol. The molecule has 0 aromatic heterocycles. The lowest BCUT2D eigenvalue weighted by Gasteiger charge is -2.05. The summed E-state index contributed by atoms with van der Waals surface area (Å²) in [5.41, 5.74) is 8.50. The number of carboxylic acid groups (broad SMARTS) is 1. The Morgan fingerprint density at radius 3 is 2.00 bits per heavy atom. The van der Waals surface area contributed by atoms with E-state index in [2.05, 4.69) is 11.5 Å². The Balaban J connectivity index is 0.000000310. The minimum absolute atomic E-state index is 0.275. The second kappa shape index (κ2) is 4.96. The third kappa shape index (κ3) is 4.62. The molecule has 1 heterocycles. The van der Waals surface area contributed by atoms with Gasteiger partial charge in [0.2, 0.25) is 5.91 Å². The number of likely N-dealkylation sites (tertiary alicyclic amines) is 1. The molecule has 0 aromatic carbocycles. The maximum absolute atomic E-state index is 10.6. The van der Waals surface area contributed by atoms with E-state index < -0.39 is 12.1 Å². The minimum Gasteiger partial charge on any atom is -0.465 e. The van der Waals surface area contributed by atoms with Crippen LogP contribution < -0.4 is 11.5 Å². The zero-order valence-electron chi connectivity index (χ0n) is 6.90. The molecule has 1 fully saturated rings. The van der Waals surface area contributed by atoms with Crippen LogP contribution >= 0.6 is 0 Å². The Bertz CT molecular complexity index is 224. The maximum atomic E-state index is 10.6. The van der Waals surface area contributed by atoms with Crippen LogP contribution in [0.3, 0.4) is 0 Å². The van der Waals surface area contributed by atoms with Crippen molar-refractivity contribution in [1.29, 1.82) is 0 Å². The van der Waals surface area contributed by atoms with Gasteiger partial charge in [0.05, 0.1) is 0 Å².